The maximum Gasteiger partial charge on any atom is 0.237 e. The average molecular weight is 212 g/mol. The Morgan fingerprint density at radius 3 is 2.40 bits per heavy atom. The maximum absolute atomic E-state index is 11.6. The fraction of sp³-hybridized carbons (Fsp3) is 0.750. The van der Waals surface area contributed by atoms with Gasteiger partial charge in [-0.05, 0) is 34.1 Å². The number of carbonyl (C=O) groups is 1. The Kier molecular flexibility index (Phi) is 7.05. The SMILES string of the molecule is CCC(C)NC(=O)C(C)NCC=C(C)C. The molecule has 0 saturated carbocycles. The van der Waals surface area contributed by atoms with Gasteiger partial charge in [-0.15, -0.1) is 0 Å². The second kappa shape index (κ2) is 7.46. The molecule has 15 heavy (non-hydrogen) atoms. The molecule has 88 valence electrons. The van der Waals surface area contributed by atoms with E-state index >= 15 is 0 Å². The monoisotopic (exact) mass is 212 g/mol. The van der Waals surface area contributed by atoms with Crippen molar-refractivity contribution in [3.63, 3.8) is 0 Å². The Bertz CT molecular complexity index is 220. The zero-order chi connectivity index (χ0) is 11.8. The van der Waals surface area contributed by atoms with Crippen LogP contribution in [0.2, 0.25) is 0 Å². The lowest BCUT2D eigenvalue weighted by atomic mass is 10.2. The van der Waals surface area contributed by atoms with Gasteiger partial charge < -0.3 is 10.6 Å². The van der Waals surface area contributed by atoms with Crippen molar-refractivity contribution in [2.75, 3.05) is 6.54 Å². The summed E-state index contributed by atoms with van der Waals surface area (Å²) in [5.74, 6) is 0.0755. The van der Waals surface area contributed by atoms with Crippen LogP contribution in [0, 0.1) is 0 Å². The molecule has 0 rings (SSSR count). The molecule has 0 aromatic heterocycles. The van der Waals surface area contributed by atoms with Gasteiger partial charge in [0.25, 0.3) is 0 Å². The van der Waals surface area contributed by atoms with E-state index in [1.54, 1.807) is 0 Å². The molecule has 2 unspecified atom stereocenters. The van der Waals surface area contributed by atoms with Gasteiger partial charge in [-0.2, -0.15) is 0 Å². The second-order valence-electron chi connectivity index (χ2n) is 4.23. The quantitative estimate of drug-likeness (QED) is 0.660. The Labute approximate surface area is 93.3 Å². The van der Waals surface area contributed by atoms with E-state index in [4.69, 9.17) is 0 Å². The molecule has 0 aromatic carbocycles. The Hall–Kier alpha value is -0.830. The van der Waals surface area contributed by atoms with Crippen molar-refractivity contribution in [1.82, 2.24) is 10.6 Å². The summed E-state index contributed by atoms with van der Waals surface area (Å²) < 4.78 is 0. The lowest BCUT2D eigenvalue weighted by molar-refractivity contribution is -0.123. The highest BCUT2D eigenvalue weighted by Crippen LogP contribution is 1.91. The number of rotatable bonds is 6. The first kappa shape index (κ1) is 14.2. The molecular weight excluding hydrogens is 188 g/mol. The van der Waals surface area contributed by atoms with Crippen molar-refractivity contribution in [1.29, 1.82) is 0 Å². The highest BCUT2D eigenvalue weighted by Gasteiger charge is 2.12. The summed E-state index contributed by atoms with van der Waals surface area (Å²) in [4.78, 5) is 11.6. The largest absolute Gasteiger partial charge is 0.352 e. The minimum Gasteiger partial charge on any atom is -0.352 e. The van der Waals surface area contributed by atoms with Crippen LogP contribution in [0.25, 0.3) is 0 Å². The number of carbonyl (C=O) groups excluding carboxylic acids is 1. The van der Waals surface area contributed by atoms with Gasteiger partial charge >= 0.3 is 0 Å². The molecule has 3 nitrogen and oxygen atoms in total. The van der Waals surface area contributed by atoms with Crippen LogP contribution in [0.3, 0.4) is 0 Å². The Morgan fingerprint density at radius 1 is 1.33 bits per heavy atom. The predicted molar refractivity (Wildman–Crippen MR) is 64.8 cm³/mol. The third kappa shape index (κ3) is 7.14. The Balaban J connectivity index is 3.84. The number of hydrogen-bond acceptors (Lipinski definition) is 2. The molecule has 0 aliphatic heterocycles. The smallest absolute Gasteiger partial charge is 0.237 e. The predicted octanol–water partition coefficient (Wildman–Crippen LogP) is 1.85. The molecular formula is C12H24N2O. The molecule has 0 aliphatic carbocycles. The summed E-state index contributed by atoms with van der Waals surface area (Å²) in [6, 6.07) is 0.125. The van der Waals surface area contributed by atoms with E-state index in [0.717, 1.165) is 13.0 Å². The Morgan fingerprint density at radius 2 is 1.93 bits per heavy atom. The number of hydrogen-bond donors (Lipinski definition) is 2. The summed E-state index contributed by atoms with van der Waals surface area (Å²) in [6.45, 7) is 10.8. The van der Waals surface area contributed by atoms with Gasteiger partial charge in [0, 0.05) is 12.6 Å². The first-order valence-corrected chi connectivity index (χ1v) is 5.64. The zero-order valence-corrected chi connectivity index (χ0v) is 10.6. The van der Waals surface area contributed by atoms with Gasteiger partial charge in [0.15, 0.2) is 0 Å². The number of allylic oxidation sites excluding steroid dienone is 1. The molecule has 0 radical (unpaired) electrons. The second-order valence-corrected chi connectivity index (χ2v) is 4.23. The summed E-state index contributed by atoms with van der Waals surface area (Å²) in [6.07, 6.45) is 3.04. The van der Waals surface area contributed by atoms with Crippen molar-refractivity contribution < 1.29 is 4.79 Å². The molecule has 2 N–H and O–H groups in total. The van der Waals surface area contributed by atoms with Gasteiger partial charge in [0.1, 0.15) is 0 Å². The van der Waals surface area contributed by atoms with Crippen molar-refractivity contribution in [3.05, 3.63) is 11.6 Å². The lowest BCUT2D eigenvalue weighted by Gasteiger charge is -2.16. The van der Waals surface area contributed by atoms with Gasteiger partial charge in [-0.1, -0.05) is 18.6 Å². The van der Waals surface area contributed by atoms with Crippen LogP contribution in [0.1, 0.15) is 41.0 Å². The zero-order valence-electron chi connectivity index (χ0n) is 10.6. The first-order chi connectivity index (χ1) is 6.97. The first-order valence-electron chi connectivity index (χ1n) is 5.64. The third-order valence-electron chi connectivity index (χ3n) is 2.33. The minimum atomic E-state index is -0.130. The average Bonchev–Trinajstić information content (AvgIpc) is 2.16. The summed E-state index contributed by atoms with van der Waals surface area (Å²) in [5, 5.41) is 6.10. The molecule has 3 heteroatoms. The molecule has 0 aromatic rings. The normalized spacial score (nSPS) is 14.2. The van der Waals surface area contributed by atoms with Crippen molar-refractivity contribution >= 4 is 5.91 Å². The maximum atomic E-state index is 11.6. The highest BCUT2D eigenvalue weighted by molar-refractivity contribution is 5.81. The van der Waals surface area contributed by atoms with E-state index in [2.05, 4.69) is 23.6 Å². The van der Waals surface area contributed by atoms with Gasteiger partial charge in [0.05, 0.1) is 6.04 Å². The fourth-order valence-electron chi connectivity index (χ4n) is 1.00. The van der Waals surface area contributed by atoms with Crippen LogP contribution >= 0.6 is 0 Å². The molecule has 0 fully saturated rings. The molecule has 0 saturated heterocycles. The van der Waals surface area contributed by atoms with Crippen molar-refractivity contribution in [2.24, 2.45) is 0 Å². The fourth-order valence-corrected chi connectivity index (χ4v) is 1.00. The topological polar surface area (TPSA) is 41.1 Å². The highest BCUT2D eigenvalue weighted by atomic mass is 16.2. The summed E-state index contributed by atoms with van der Waals surface area (Å²) in [5.41, 5.74) is 1.26. The summed E-state index contributed by atoms with van der Waals surface area (Å²) in [7, 11) is 0. The third-order valence-corrected chi connectivity index (χ3v) is 2.33. The van der Waals surface area contributed by atoms with Crippen molar-refractivity contribution in [3.8, 4) is 0 Å². The van der Waals surface area contributed by atoms with Crippen LogP contribution in [0.5, 0.6) is 0 Å². The van der Waals surface area contributed by atoms with E-state index in [0.29, 0.717) is 0 Å². The van der Waals surface area contributed by atoms with E-state index < -0.39 is 0 Å². The number of nitrogens with one attached hydrogen (secondary N) is 2. The van der Waals surface area contributed by atoms with Gasteiger partial charge in [0.2, 0.25) is 5.91 Å². The standard InChI is InChI=1S/C12H24N2O/c1-6-10(4)14-12(15)11(5)13-8-7-9(2)3/h7,10-11,13H,6,8H2,1-5H3,(H,14,15). The molecule has 0 bridgehead atoms. The van der Waals surface area contributed by atoms with Crippen LogP contribution in [-0.2, 0) is 4.79 Å². The van der Waals surface area contributed by atoms with Crippen molar-refractivity contribution in [2.45, 2.75) is 53.1 Å². The van der Waals surface area contributed by atoms with E-state index in [1.165, 1.54) is 5.57 Å². The molecule has 1 amide bonds. The summed E-state index contributed by atoms with van der Waals surface area (Å²) >= 11 is 0. The molecule has 0 aliphatic rings. The lowest BCUT2D eigenvalue weighted by Crippen LogP contribution is -2.45. The van der Waals surface area contributed by atoms with Gasteiger partial charge in [-0.25, -0.2) is 0 Å². The van der Waals surface area contributed by atoms with E-state index in [1.807, 2.05) is 27.7 Å². The van der Waals surface area contributed by atoms with Crippen LogP contribution in [0.4, 0.5) is 0 Å². The molecule has 2 atom stereocenters. The van der Waals surface area contributed by atoms with Gasteiger partial charge in [-0.3, -0.25) is 4.79 Å². The molecule has 0 heterocycles. The van der Waals surface area contributed by atoms with E-state index in [9.17, 15) is 4.79 Å². The molecule has 0 spiro atoms. The minimum absolute atomic E-state index is 0.0755. The van der Waals surface area contributed by atoms with Crippen LogP contribution in [-0.4, -0.2) is 24.5 Å². The van der Waals surface area contributed by atoms with Crippen LogP contribution < -0.4 is 10.6 Å². The van der Waals surface area contributed by atoms with Crippen LogP contribution in [0.15, 0.2) is 11.6 Å². The van der Waals surface area contributed by atoms with E-state index in [-0.39, 0.29) is 18.0 Å². The number of amides is 1.